The fourth-order valence-corrected chi connectivity index (χ4v) is 5.69. The number of carboxylic acids is 1. The molecule has 0 spiro atoms. The number of hydrogen-bond acceptors (Lipinski definition) is 6. The maximum atomic E-state index is 14.1. The van der Waals surface area contributed by atoms with E-state index >= 15 is 0 Å². The van der Waals surface area contributed by atoms with Gasteiger partial charge in [-0.25, -0.2) is 9.80 Å². The number of rotatable bonds is 10. The molecule has 220 valence electrons. The Morgan fingerprint density at radius 1 is 0.884 bits per heavy atom. The average Bonchev–Trinajstić information content (AvgIpc) is 3.05. The molecule has 0 aromatic heterocycles. The SMILES string of the molecule is COc1cc(CC(=O)N(Nc2ccc(C(=O)c3ccccc3)cc2)c2ccccc2N2CCCCC2)c(Br)cc1C(=O)O. The first kappa shape index (κ1) is 29.8. The zero-order chi connectivity index (χ0) is 30.3. The number of halogens is 1. The van der Waals surface area contributed by atoms with E-state index in [1.165, 1.54) is 24.6 Å². The van der Waals surface area contributed by atoms with E-state index in [9.17, 15) is 19.5 Å². The van der Waals surface area contributed by atoms with Crippen molar-refractivity contribution in [2.24, 2.45) is 0 Å². The van der Waals surface area contributed by atoms with Gasteiger partial charge in [0.2, 0.25) is 5.91 Å². The molecule has 9 heteroatoms. The van der Waals surface area contributed by atoms with Gasteiger partial charge < -0.3 is 14.7 Å². The largest absolute Gasteiger partial charge is 0.496 e. The van der Waals surface area contributed by atoms with E-state index in [2.05, 4.69) is 26.3 Å². The van der Waals surface area contributed by atoms with Crippen LogP contribution in [-0.4, -0.2) is 43.0 Å². The second-order valence-electron chi connectivity index (χ2n) is 10.3. The summed E-state index contributed by atoms with van der Waals surface area (Å²) >= 11 is 3.45. The molecule has 1 saturated heterocycles. The number of ketones is 1. The Kier molecular flexibility index (Phi) is 9.41. The highest BCUT2D eigenvalue weighted by atomic mass is 79.9. The summed E-state index contributed by atoms with van der Waals surface area (Å²) in [6.45, 7) is 1.80. The first-order valence-electron chi connectivity index (χ1n) is 14.1. The van der Waals surface area contributed by atoms with Crippen molar-refractivity contribution < 1.29 is 24.2 Å². The summed E-state index contributed by atoms with van der Waals surface area (Å²) in [5, 5.41) is 11.1. The van der Waals surface area contributed by atoms with Crippen LogP contribution in [0.5, 0.6) is 5.75 Å². The maximum absolute atomic E-state index is 14.1. The fourth-order valence-electron chi connectivity index (χ4n) is 5.20. The van der Waals surface area contributed by atoms with E-state index in [1.807, 2.05) is 42.5 Å². The smallest absolute Gasteiger partial charge is 0.339 e. The van der Waals surface area contributed by atoms with Crippen molar-refractivity contribution in [3.8, 4) is 5.75 Å². The van der Waals surface area contributed by atoms with Crippen LogP contribution in [0, 0.1) is 0 Å². The van der Waals surface area contributed by atoms with Gasteiger partial charge in [0.15, 0.2) is 5.78 Å². The van der Waals surface area contributed by atoms with Crippen LogP contribution in [0.25, 0.3) is 0 Å². The Labute approximate surface area is 259 Å². The van der Waals surface area contributed by atoms with E-state index in [-0.39, 0.29) is 29.4 Å². The number of carbonyl (C=O) groups is 3. The van der Waals surface area contributed by atoms with Gasteiger partial charge in [0, 0.05) is 28.7 Å². The van der Waals surface area contributed by atoms with E-state index in [0.29, 0.717) is 32.5 Å². The number of ether oxygens (including phenoxy) is 1. The Bertz CT molecular complexity index is 1620. The summed E-state index contributed by atoms with van der Waals surface area (Å²) in [6, 6.07) is 26.9. The van der Waals surface area contributed by atoms with Gasteiger partial charge in [-0.2, -0.15) is 0 Å². The lowest BCUT2D eigenvalue weighted by Crippen LogP contribution is -2.39. The topological polar surface area (TPSA) is 99.2 Å². The molecule has 4 aromatic rings. The number of carboxylic acid groups (broad SMARTS) is 1. The number of hydrazine groups is 1. The molecule has 0 saturated carbocycles. The van der Waals surface area contributed by atoms with Gasteiger partial charge in [0.1, 0.15) is 11.3 Å². The van der Waals surface area contributed by atoms with Crippen LogP contribution in [0.1, 0.15) is 51.1 Å². The van der Waals surface area contributed by atoms with Gasteiger partial charge in [-0.15, -0.1) is 0 Å². The van der Waals surface area contributed by atoms with Crippen LogP contribution < -0.4 is 20.1 Å². The lowest BCUT2D eigenvalue weighted by atomic mass is 10.0. The van der Waals surface area contributed by atoms with Gasteiger partial charge in [-0.3, -0.25) is 15.0 Å². The molecule has 0 radical (unpaired) electrons. The summed E-state index contributed by atoms with van der Waals surface area (Å²) in [5.74, 6) is -1.30. The van der Waals surface area contributed by atoms with Crippen molar-refractivity contribution in [1.29, 1.82) is 0 Å². The molecule has 1 aliphatic heterocycles. The predicted octanol–water partition coefficient (Wildman–Crippen LogP) is 6.98. The second kappa shape index (κ2) is 13.6. The lowest BCUT2D eigenvalue weighted by molar-refractivity contribution is -0.117. The Morgan fingerprint density at radius 3 is 2.21 bits per heavy atom. The van der Waals surface area contributed by atoms with Crippen LogP contribution >= 0.6 is 15.9 Å². The predicted molar refractivity (Wildman–Crippen MR) is 171 cm³/mol. The summed E-state index contributed by atoms with van der Waals surface area (Å²) < 4.78 is 5.80. The van der Waals surface area contributed by atoms with Crippen LogP contribution in [0.4, 0.5) is 17.1 Å². The zero-order valence-corrected chi connectivity index (χ0v) is 25.3. The van der Waals surface area contributed by atoms with E-state index in [0.717, 1.165) is 31.6 Å². The minimum atomic E-state index is -1.12. The van der Waals surface area contributed by atoms with Gasteiger partial charge in [-0.1, -0.05) is 58.4 Å². The number of carbonyl (C=O) groups excluding carboxylic acids is 2. The van der Waals surface area contributed by atoms with E-state index < -0.39 is 5.97 Å². The summed E-state index contributed by atoms with van der Waals surface area (Å²) in [5.41, 5.74) is 7.28. The van der Waals surface area contributed by atoms with Crippen molar-refractivity contribution in [3.63, 3.8) is 0 Å². The highest BCUT2D eigenvalue weighted by Crippen LogP contribution is 2.34. The number of anilines is 3. The molecular weight excluding hydrogens is 610 g/mol. The summed E-state index contributed by atoms with van der Waals surface area (Å²) in [4.78, 5) is 41.0. The highest BCUT2D eigenvalue weighted by molar-refractivity contribution is 9.10. The van der Waals surface area contributed by atoms with Gasteiger partial charge in [-0.05, 0) is 73.4 Å². The minimum Gasteiger partial charge on any atom is -0.496 e. The number of amides is 1. The number of methoxy groups -OCH3 is 1. The first-order valence-corrected chi connectivity index (χ1v) is 14.9. The molecule has 1 amide bonds. The van der Waals surface area contributed by atoms with Crippen molar-refractivity contribution in [1.82, 2.24) is 0 Å². The molecule has 1 heterocycles. The molecular formula is C34H32BrN3O5. The average molecular weight is 643 g/mol. The molecule has 0 unspecified atom stereocenters. The molecule has 5 rings (SSSR count). The van der Waals surface area contributed by atoms with Crippen LogP contribution in [0.2, 0.25) is 0 Å². The molecule has 0 aliphatic carbocycles. The fraction of sp³-hybridized carbons (Fsp3) is 0.206. The molecule has 2 N–H and O–H groups in total. The third-order valence-electron chi connectivity index (χ3n) is 7.43. The third kappa shape index (κ3) is 6.89. The molecule has 8 nitrogen and oxygen atoms in total. The van der Waals surface area contributed by atoms with Gasteiger partial charge >= 0.3 is 5.97 Å². The summed E-state index contributed by atoms with van der Waals surface area (Å²) in [7, 11) is 1.40. The highest BCUT2D eigenvalue weighted by Gasteiger charge is 2.25. The van der Waals surface area contributed by atoms with E-state index in [4.69, 9.17) is 4.74 Å². The summed E-state index contributed by atoms with van der Waals surface area (Å²) in [6.07, 6.45) is 3.29. The lowest BCUT2D eigenvalue weighted by Gasteiger charge is -2.34. The van der Waals surface area contributed by atoms with Crippen LogP contribution in [0.15, 0.2) is 95.5 Å². The quantitative estimate of drug-likeness (QED) is 0.142. The normalized spacial score (nSPS) is 12.8. The molecule has 43 heavy (non-hydrogen) atoms. The van der Waals surface area contributed by atoms with E-state index in [1.54, 1.807) is 42.5 Å². The molecule has 0 atom stereocenters. The van der Waals surface area contributed by atoms with Crippen molar-refractivity contribution in [2.75, 3.05) is 35.5 Å². The molecule has 1 fully saturated rings. The standard InChI is InChI=1S/C34H32BrN3O5/c1-43-31-20-25(28(35)22-27(31)34(41)42)21-32(39)38(30-13-7-6-12-29(30)37-18-8-3-9-19-37)36-26-16-14-24(15-17-26)33(40)23-10-4-2-5-11-23/h2,4-7,10-17,20,22,36H,3,8-9,18-19,21H2,1H3,(H,41,42). The molecule has 1 aliphatic rings. The number of benzene rings is 4. The monoisotopic (exact) mass is 641 g/mol. The number of piperidine rings is 1. The van der Waals surface area contributed by atoms with Crippen molar-refractivity contribution in [3.05, 3.63) is 118 Å². The second-order valence-corrected chi connectivity index (χ2v) is 11.1. The number of aromatic carboxylic acids is 1. The zero-order valence-electron chi connectivity index (χ0n) is 23.8. The first-order chi connectivity index (χ1) is 20.9. The van der Waals surface area contributed by atoms with Crippen LogP contribution in [0.3, 0.4) is 0 Å². The maximum Gasteiger partial charge on any atom is 0.339 e. The Balaban J connectivity index is 1.48. The number of para-hydroxylation sites is 2. The number of hydrogen-bond donors (Lipinski definition) is 2. The minimum absolute atomic E-state index is 0.00105. The Hall–Kier alpha value is -4.63. The Morgan fingerprint density at radius 2 is 1.53 bits per heavy atom. The molecule has 4 aromatic carbocycles. The van der Waals surface area contributed by atoms with Crippen LogP contribution in [-0.2, 0) is 11.2 Å². The third-order valence-corrected chi connectivity index (χ3v) is 8.17. The number of nitrogens with zero attached hydrogens (tertiary/aromatic N) is 2. The van der Waals surface area contributed by atoms with Gasteiger partial charge in [0.25, 0.3) is 0 Å². The van der Waals surface area contributed by atoms with Crippen molar-refractivity contribution in [2.45, 2.75) is 25.7 Å². The number of nitrogens with one attached hydrogen (secondary N) is 1. The molecule has 0 bridgehead atoms. The van der Waals surface area contributed by atoms with Crippen molar-refractivity contribution >= 4 is 50.7 Å². The van der Waals surface area contributed by atoms with Gasteiger partial charge in [0.05, 0.1) is 30.6 Å².